The first-order valence-corrected chi connectivity index (χ1v) is 6.06. The third-order valence-electron chi connectivity index (χ3n) is 4.35. The van der Waals surface area contributed by atoms with Crippen LogP contribution < -0.4 is 0 Å². The Kier molecular flexibility index (Phi) is 3.82. The molecule has 0 spiro atoms. The van der Waals surface area contributed by atoms with Crippen molar-refractivity contribution in [1.29, 1.82) is 0 Å². The average Bonchev–Trinajstić information content (AvgIpc) is 2.29. The smallest absolute Gasteiger partial charge is 0.0298 e. The first-order valence-electron chi connectivity index (χ1n) is 6.06. The van der Waals surface area contributed by atoms with Crippen molar-refractivity contribution in [3.05, 3.63) is 0 Å². The predicted molar refractivity (Wildman–Crippen MR) is 59.8 cm³/mol. The maximum absolute atomic E-state index is 2.52. The molecule has 1 unspecified atom stereocenters. The lowest BCUT2D eigenvalue weighted by Gasteiger charge is -2.37. The van der Waals surface area contributed by atoms with Crippen LogP contribution in [0.3, 0.4) is 0 Å². The quantitative estimate of drug-likeness (QED) is 0.546. The van der Waals surface area contributed by atoms with Crippen LogP contribution >= 0.6 is 0 Å². The summed E-state index contributed by atoms with van der Waals surface area (Å²) in [5, 5.41) is 0. The van der Waals surface area contributed by atoms with Crippen molar-refractivity contribution < 1.29 is 0 Å². The Balaban J connectivity index is 2.60. The van der Waals surface area contributed by atoms with E-state index >= 15 is 0 Å². The van der Waals surface area contributed by atoms with Crippen molar-refractivity contribution in [2.24, 2.45) is 17.3 Å². The van der Waals surface area contributed by atoms with Gasteiger partial charge in [-0.05, 0) is 30.1 Å². The van der Waals surface area contributed by atoms with E-state index in [4.69, 9.17) is 0 Å². The highest BCUT2D eigenvalue weighted by atomic mass is 14.4. The molecule has 0 heterocycles. The van der Waals surface area contributed by atoms with E-state index in [0.29, 0.717) is 5.41 Å². The van der Waals surface area contributed by atoms with Gasteiger partial charge in [0.15, 0.2) is 0 Å². The van der Waals surface area contributed by atoms with E-state index in [9.17, 15) is 0 Å². The molecule has 0 saturated heterocycles. The summed E-state index contributed by atoms with van der Waals surface area (Å²) in [5.74, 6) is 1.74. The van der Waals surface area contributed by atoms with Crippen LogP contribution in [0.4, 0.5) is 0 Å². The van der Waals surface area contributed by atoms with E-state index in [1.165, 1.54) is 38.5 Å². The summed E-state index contributed by atoms with van der Waals surface area (Å²) in [6.45, 7) is 9.72. The second-order valence-corrected chi connectivity index (χ2v) is 5.60. The molecule has 1 saturated carbocycles. The molecule has 0 N–H and O–H groups in total. The fourth-order valence-corrected chi connectivity index (χ4v) is 2.80. The molecule has 0 aliphatic heterocycles. The van der Waals surface area contributed by atoms with Crippen LogP contribution in [0.25, 0.3) is 0 Å². The van der Waals surface area contributed by atoms with Crippen LogP contribution in [0.1, 0.15) is 66.2 Å². The van der Waals surface area contributed by atoms with Crippen molar-refractivity contribution in [1.82, 2.24) is 0 Å². The van der Waals surface area contributed by atoms with Crippen molar-refractivity contribution >= 4 is 0 Å². The highest BCUT2D eigenvalue weighted by Crippen LogP contribution is 2.43. The molecule has 0 amide bonds. The van der Waals surface area contributed by atoms with Crippen molar-refractivity contribution in [2.45, 2.75) is 66.2 Å². The summed E-state index contributed by atoms with van der Waals surface area (Å²) in [4.78, 5) is 0. The number of rotatable bonds is 2. The van der Waals surface area contributed by atoms with E-state index in [2.05, 4.69) is 27.7 Å². The zero-order valence-electron chi connectivity index (χ0n) is 9.90. The van der Waals surface area contributed by atoms with E-state index in [-0.39, 0.29) is 0 Å². The fourth-order valence-electron chi connectivity index (χ4n) is 2.80. The van der Waals surface area contributed by atoms with Gasteiger partial charge in [-0.25, -0.2) is 0 Å². The normalized spacial score (nSPS) is 25.6. The summed E-state index contributed by atoms with van der Waals surface area (Å²) in [6, 6.07) is 0. The molecule has 78 valence electrons. The molecular formula is C13H26. The fraction of sp³-hybridized carbons (Fsp3) is 1.00. The number of hydrogen-bond donors (Lipinski definition) is 0. The second-order valence-electron chi connectivity index (χ2n) is 5.60. The van der Waals surface area contributed by atoms with Crippen LogP contribution in [-0.4, -0.2) is 0 Å². The van der Waals surface area contributed by atoms with Crippen molar-refractivity contribution in [3.8, 4) is 0 Å². The Morgan fingerprint density at radius 3 is 1.69 bits per heavy atom. The van der Waals surface area contributed by atoms with Gasteiger partial charge in [-0.15, -0.1) is 0 Å². The molecule has 0 aromatic rings. The minimum atomic E-state index is 0.644. The van der Waals surface area contributed by atoms with Gasteiger partial charge >= 0.3 is 0 Å². The summed E-state index contributed by atoms with van der Waals surface area (Å²) in [6.07, 6.45) is 8.81. The molecule has 0 aromatic heterocycles. The molecule has 13 heavy (non-hydrogen) atoms. The zero-order valence-corrected chi connectivity index (χ0v) is 9.90. The summed E-state index contributed by atoms with van der Waals surface area (Å²) in [5.41, 5.74) is 0.644. The lowest BCUT2D eigenvalue weighted by atomic mass is 9.68. The molecular weight excluding hydrogens is 156 g/mol. The largest absolute Gasteiger partial charge is 0.0625 e. The zero-order chi connectivity index (χ0) is 9.90. The SMILES string of the molecule is CC(C)C(C)C1(C)CCCCCC1. The van der Waals surface area contributed by atoms with E-state index in [0.717, 1.165) is 11.8 Å². The molecule has 0 heteroatoms. The van der Waals surface area contributed by atoms with Crippen LogP contribution in [0, 0.1) is 17.3 Å². The molecule has 0 aromatic carbocycles. The maximum Gasteiger partial charge on any atom is -0.0298 e. The highest BCUT2D eigenvalue weighted by molar-refractivity contribution is 4.83. The van der Waals surface area contributed by atoms with Crippen LogP contribution in [0.5, 0.6) is 0 Å². The van der Waals surface area contributed by atoms with Crippen molar-refractivity contribution in [3.63, 3.8) is 0 Å². The monoisotopic (exact) mass is 182 g/mol. The third kappa shape index (κ3) is 2.72. The van der Waals surface area contributed by atoms with Gasteiger partial charge in [0.1, 0.15) is 0 Å². The topological polar surface area (TPSA) is 0 Å². The molecule has 1 rings (SSSR count). The Bertz CT molecular complexity index is 138. The van der Waals surface area contributed by atoms with Crippen LogP contribution in [0.2, 0.25) is 0 Å². The standard InChI is InChI=1S/C13H26/c1-11(2)12(3)13(4)9-7-5-6-8-10-13/h11-12H,5-10H2,1-4H3. The van der Waals surface area contributed by atoms with Crippen LogP contribution in [0.15, 0.2) is 0 Å². The Hall–Kier alpha value is 0. The van der Waals surface area contributed by atoms with Gasteiger partial charge in [0, 0.05) is 0 Å². The van der Waals surface area contributed by atoms with Gasteiger partial charge in [-0.1, -0.05) is 53.4 Å². The Morgan fingerprint density at radius 2 is 1.31 bits per heavy atom. The minimum absolute atomic E-state index is 0.644. The van der Waals surface area contributed by atoms with Gasteiger partial charge in [-0.3, -0.25) is 0 Å². The summed E-state index contributed by atoms with van der Waals surface area (Å²) < 4.78 is 0. The van der Waals surface area contributed by atoms with Gasteiger partial charge in [0.05, 0.1) is 0 Å². The molecule has 1 atom stereocenters. The molecule has 0 radical (unpaired) electrons. The highest BCUT2D eigenvalue weighted by Gasteiger charge is 2.32. The van der Waals surface area contributed by atoms with Gasteiger partial charge < -0.3 is 0 Å². The van der Waals surface area contributed by atoms with Crippen molar-refractivity contribution in [2.75, 3.05) is 0 Å². The lowest BCUT2D eigenvalue weighted by Crippen LogP contribution is -2.28. The first kappa shape index (κ1) is 11.1. The summed E-state index contributed by atoms with van der Waals surface area (Å²) >= 11 is 0. The lowest BCUT2D eigenvalue weighted by molar-refractivity contribution is 0.128. The third-order valence-corrected chi connectivity index (χ3v) is 4.35. The maximum atomic E-state index is 2.52. The Labute approximate surface area is 84.1 Å². The second kappa shape index (κ2) is 4.48. The molecule has 1 aliphatic carbocycles. The molecule has 0 nitrogen and oxygen atoms in total. The Morgan fingerprint density at radius 1 is 0.846 bits per heavy atom. The van der Waals surface area contributed by atoms with Crippen LogP contribution in [-0.2, 0) is 0 Å². The van der Waals surface area contributed by atoms with Gasteiger partial charge in [0.2, 0.25) is 0 Å². The number of hydrogen-bond acceptors (Lipinski definition) is 0. The van der Waals surface area contributed by atoms with E-state index in [1.807, 2.05) is 0 Å². The average molecular weight is 182 g/mol. The van der Waals surface area contributed by atoms with E-state index < -0.39 is 0 Å². The molecule has 1 fully saturated rings. The van der Waals surface area contributed by atoms with Gasteiger partial charge in [0.25, 0.3) is 0 Å². The van der Waals surface area contributed by atoms with Gasteiger partial charge in [-0.2, -0.15) is 0 Å². The first-order chi connectivity index (χ1) is 6.06. The predicted octanol–water partition coefficient (Wildman–Crippen LogP) is 4.64. The van der Waals surface area contributed by atoms with E-state index in [1.54, 1.807) is 0 Å². The minimum Gasteiger partial charge on any atom is -0.0625 e. The molecule has 1 aliphatic rings. The summed E-state index contributed by atoms with van der Waals surface area (Å²) in [7, 11) is 0. The molecule has 0 bridgehead atoms.